The third kappa shape index (κ3) is 5.45. The SMILES string of the molecule is CSc1ccc(C=C2C(C)=C(CCCCCCCc3ccco3)c3cc(F)ccc32)cc1. The van der Waals surface area contributed by atoms with Crippen LogP contribution in [0.2, 0.25) is 0 Å². The topological polar surface area (TPSA) is 13.1 Å². The zero-order valence-corrected chi connectivity index (χ0v) is 19.8. The molecule has 1 aliphatic rings. The monoisotopic (exact) mass is 446 g/mol. The number of hydrogen-bond donors (Lipinski definition) is 0. The maximum Gasteiger partial charge on any atom is 0.123 e. The van der Waals surface area contributed by atoms with Gasteiger partial charge >= 0.3 is 0 Å². The first-order chi connectivity index (χ1) is 15.7. The van der Waals surface area contributed by atoms with Crippen LogP contribution in [0.4, 0.5) is 4.39 Å². The number of hydrogen-bond acceptors (Lipinski definition) is 2. The van der Waals surface area contributed by atoms with Crippen LogP contribution in [0, 0.1) is 5.82 Å². The van der Waals surface area contributed by atoms with Crippen molar-refractivity contribution in [3.63, 3.8) is 0 Å². The van der Waals surface area contributed by atoms with E-state index in [9.17, 15) is 4.39 Å². The van der Waals surface area contributed by atoms with Gasteiger partial charge in [-0.2, -0.15) is 0 Å². The lowest BCUT2D eigenvalue weighted by atomic mass is 9.98. The quantitative estimate of drug-likeness (QED) is 0.228. The second-order valence-electron chi connectivity index (χ2n) is 8.47. The molecule has 0 bridgehead atoms. The normalized spacial score (nSPS) is 14.4. The lowest BCUT2D eigenvalue weighted by Crippen LogP contribution is -1.88. The second kappa shape index (κ2) is 10.9. The van der Waals surface area contributed by atoms with E-state index in [1.165, 1.54) is 52.9 Å². The molecule has 0 fully saturated rings. The molecule has 1 nitrogen and oxygen atoms in total. The molecule has 0 aliphatic heterocycles. The van der Waals surface area contributed by atoms with Gasteiger partial charge in [-0.3, -0.25) is 0 Å². The van der Waals surface area contributed by atoms with E-state index >= 15 is 0 Å². The summed E-state index contributed by atoms with van der Waals surface area (Å²) in [5.74, 6) is 0.926. The first-order valence-corrected chi connectivity index (χ1v) is 12.8. The highest BCUT2D eigenvalue weighted by molar-refractivity contribution is 7.98. The number of unbranched alkanes of at least 4 members (excludes halogenated alkanes) is 4. The van der Waals surface area contributed by atoms with Gasteiger partial charge in [-0.25, -0.2) is 4.39 Å². The Hall–Kier alpha value is -2.52. The summed E-state index contributed by atoms with van der Waals surface area (Å²) in [6.45, 7) is 2.19. The molecule has 0 unspecified atom stereocenters. The molecule has 1 heterocycles. The summed E-state index contributed by atoms with van der Waals surface area (Å²) in [6, 6.07) is 17.9. The lowest BCUT2D eigenvalue weighted by Gasteiger charge is -2.07. The largest absolute Gasteiger partial charge is 0.469 e. The summed E-state index contributed by atoms with van der Waals surface area (Å²) in [7, 11) is 0. The molecule has 0 spiro atoms. The van der Waals surface area contributed by atoms with Gasteiger partial charge in [-0.15, -0.1) is 11.8 Å². The zero-order valence-electron chi connectivity index (χ0n) is 19.0. The van der Waals surface area contributed by atoms with E-state index in [-0.39, 0.29) is 5.82 Å². The third-order valence-electron chi connectivity index (χ3n) is 6.31. The van der Waals surface area contributed by atoms with Gasteiger partial charge in [0.25, 0.3) is 0 Å². The highest BCUT2D eigenvalue weighted by Crippen LogP contribution is 2.44. The number of fused-ring (bicyclic) bond motifs is 1. The molecule has 0 amide bonds. The number of aryl methyl sites for hydroxylation is 1. The Morgan fingerprint density at radius 2 is 1.62 bits per heavy atom. The van der Waals surface area contributed by atoms with Crippen molar-refractivity contribution in [3.8, 4) is 0 Å². The van der Waals surface area contributed by atoms with Gasteiger partial charge in [0.2, 0.25) is 0 Å². The van der Waals surface area contributed by atoms with Crippen LogP contribution in [0.25, 0.3) is 17.2 Å². The van der Waals surface area contributed by atoms with Crippen LogP contribution in [0.3, 0.4) is 0 Å². The van der Waals surface area contributed by atoms with Crippen LogP contribution in [-0.4, -0.2) is 6.26 Å². The predicted molar refractivity (Wildman–Crippen MR) is 135 cm³/mol. The predicted octanol–water partition coefficient (Wildman–Crippen LogP) is 9.05. The fraction of sp³-hybridized carbons (Fsp3) is 0.310. The van der Waals surface area contributed by atoms with Crippen LogP contribution in [0.15, 0.2) is 75.7 Å². The second-order valence-corrected chi connectivity index (χ2v) is 9.35. The first-order valence-electron chi connectivity index (χ1n) is 11.5. The molecule has 2 aromatic carbocycles. The molecular formula is C29H31FOS. The van der Waals surface area contributed by atoms with Gasteiger partial charge in [-0.1, -0.05) is 37.5 Å². The van der Waals surface area contributed by atoms with E-state index < -0.39 is 0 Å². The minimum absolute atomic E-state index is 0.155. The van der Waals surface area contributed by atoms with Gasteiger partial charge in [-0.05, 0) is 108 Å². The van der Waals surface area contributed by atoms with Crippen molar-refractivity contribution in [2.75, 3.05) is 6.26 Å². The van der Waals surface area contributed by atoms with E-state index in [4.69, 9.17) is 4.42 Å². The Labute approximate surface area is 195 Å². The Morgan fingerprint density at radius 3 is 2.34 bits per heavy atom. The molecule has 0 N–H and O–H groups in total. The van der Waals surface area contributed by atoms with Crippen molar-refractivity contribution in [3.05, 3.63) is 94.7 Å². The van der Waals surface area contributed by atoms with E-state index in [1.54, 1.807) is 30.2 Å². The molecular weight excluding hydrogens is 415 g/mol. The fourth-order valence-corrected chi connectivity index (χ4v) is 4.94. The molecule has 3 heteroatoms. The first kappa shape index (κ1) is 22.7. The number of allylic oxidation sites excluding steroid dienone is 3. The Balaban J connectivity index is 1.41. The number of furan rings is 1. The Morgan fingerprint density at radius 1 is 0.875 bits per heavy atom. The number of benzene rings is 2. The molecule has 1 aromatic heterocycles. The summed E-state index contributed by atoms with van der Waals surface area (Å²) in [5, 5.41) is 0. The minimum Gasteiger partial charge on any atom is -0.469 e. The molecule has 1 aliphatic carbocycles. The van der Waals surface area contributed by atoms with Crippen LogP contribution in [0.5, 0.6) is 0 Å². The van der Waals surface area contributed by atoms with Crippen molar-refractivity contribution in [1.29, 1.82) is 0 Å². The Kier molecular flexibility index (Phi) is 7.70. The molecule has 0 saturated carbocycles. The van der Waals surface area contributed by atoms with E-state index in [0.29, 0.717) is 0 Å². The smallest absolute Gasteiger partial charge is 0.123 e. The van der Waals surface area contributed by atoms with Gasteiger partial charge < -0.3 is 4.42 Å². The number of rotatable bonds is 10. The highest BCUT2D eigenvalue weighted by atomic mass is 32.2. The van der Waals surface area contributed by atoms with Crippen LogP contribution in [-0.2, 0) is 6.42 Å². The summed E-state index contributed by atoms with van der Waals surface area (Å²) in [5.41, 5.74) is 7.24. The van der Waals surface area contributed by atoms with Gasteiger partial charge in [0.05, 0.1) is 6.26 Å². The lowest BCUT2D eigenvalue weighted by molar-refractivity contribution is 0.492. The van der Waals surface area contributed by atoms with Crippen LogP contribution < -0.4 is 0 Å². The van der Waals surface area contributed by atoms with Gasteiger partial charge in [0.1, 0.15) is 11.6 Å². The van der Waals surface area contributed by atoms with Crippen molar-refractivity contribution in [2.45, 2.75) is 56.8 Å². The van der Waals surface area contributed by atoms with Crippen LogP contribution >= 0.6 is 11.8 Å². The van der Waals surface area contributed by atoms with E-state index in [1.807, 2.05) is 18.2 Å². The van der Waals surface area contributed by atoms with E-state index in [2.05, 4.69) is 43.5 Å². The summed E-state index contributed by atoms with van der Waals surface area (Å²) < 4.78 is 19.5. The average molecular weight is 447 g/mol. The molecule has 32 heavy (non-hydrogen) atoms. The summed E-state index contributed by atoms with van der Waals surface area (Å²) in [4.78, 5) is 1.26. The van der Waals surface area contributed by atoms with Gasteiger partial charge in [0, 0.05) is 11.3 Å². The standard InChI is InChI=1S/C29H31FOS/c1-21-26(11-7-5-3-4-6-9-24-10-8-18-31-24)29-20-23(30)14-17-27(29)28(21)19-22-12-15-25(32-2)16-13-22/h8,10,12-20H,3-7,9,11H2,1-2H3. The van der Waals surface area contributed by atoms with Crippen molar-refractivity contribution >= 4 is 29.0 Å². The highest BCUT2D eigenvalue weighted by Gasteiger charge is 2.23. The van der Waals surface area contributed by atoms with E-state index in [0.717, 1.165) is 36.1 Å². The van der Waals surface area contributed by atoms with Crippen molar-refractivity contribution < 1.29 is 8.81 Å². The fourth-order valence-electron chi connectivity index (χ4n) is 4.53. The van der Waals surface area contributed by atoms with Crippen molar-refractivity contribution in [2.24, 2.45) is 0 Å². The van der Waals surface area contributed by atoms with Crippen molar-refractivity contribution in [1.82, 2.24) is 0 Å². The molecule has 0 radical (unpaired) electrons. The Bertz CT molecular complexity index is 1090. The average Bonchev–Trinajstić information content (AvgIpc) is 3.41. The maximum absolute atomic E-state index is 14.1. The summed E-state index contributed by atoms with van der Waals surface area (Å²) in [6.07, 6.45) is 14.1. The minimum atomic E-state index is -0.155. The summed E-state index contributed by atoms with van der Waals surface area (Å²) >= 11 is 1.75. The van der Waals surface area contributed by atoms with Crippen LogP contribution in [0.1, 0.15) is 67.9 Å². The maximum atomic E-state index is 14.1. The molecule has 4 rings (SSSR count). The van der Waals surface area contributed by atoms with Gasteiger partial charge in [0.15, 0.2) is 0 Å². The molecule has 0 saturated heterocycles. The number of halogens is 1. The molecule has 3 aromatic rings. The third-order valence-corrected chi connectivity index (χ3v) is 7.05. The zero-order chi connectivity index (χ0) is 22.3. The molecule has 166 valence electrons. The molecule has 0 atom stereocenters. The number of thioether (sulfide) groups is 1.